The Bertz CT molecular complexity index is 388. The van der Waals surface area contributed by atoms with Crippen molar-refractivity contribution in [3.63, 3.8) is 0 Å². The molecule has 2 N–H and O–H groups in total. The Balaban J connectivity index is 2.18. The van der Waals surface area contributed by atoms with Gasteiger partial charge in [0.1, 0.15) is 5.75 Å². The highest BCUT2D eigenvalue weighted by atomic mass is 16.5. The van der Waals surface area contributed by atoms with E-state index >= 15 is 0 Å². The fraction of sp³-hybridized carbons (Fsp3) is 0.571. The van der Waals surface area contributed by atoms with E-state index in [9.17, 15) is 0 Å². The average Bonchev–Trinajstić information content (AvgIpc) is 3.10. The van der Waals surface area contributed by atoms with Crippen LogP contribution in [0, 0.1) is 5.92 Å². The maximum absolute atomic E-state index is 5.91. The molecule has 1 saturated carbocycles. The third-order valence-electron chi connectivity index (χ3n) is 3.55. The predicted molar refractivity (Wildman–Crippen MR) is 72.6 cm³/mol. The Labute approximate surface area is 104 Å². The zero-order valence-corrected chi connectivity index (χ0v) is 10.9. The maximum atomic E-state index is 5.91. The van der Waals surface area contributed by atoms with E-state index in [0.717, 1.165) is 23.0 Å². The average molecular weight is 234 g/mol. The molecule has 1 aromatic carbocycles. The molecule has 0 amide bonds. The number of hydrogen-bond acceptors (Lipinski definition) is 3. The fourth-order valence-electron chi connectivity index (χ4n) is 2.19. The second kappa shape index (κ2) is 4.86. The Hall–Kier alpha value is -1.38. The van der Waals surface area contributed by atoms with Crippen LogP contribution in [0.4, 0.5) is 11.4 Å². The number of anilines is 2. The third-order valence-corrected chi connectivity index (χ3v) is 3.55. The highest BCUT2D eigenvalue weighted by Crippen LogP contribution is 2.37. The summed E-state index contributed by atoms with van der Waals surface area (Å²) in [5.74, 6) is 1.70. The van der Waals surface area contributed by atoms with Gasteiger partial charge in [-0.2, -0.15) is 0 Å². The van der Waals surface area contributed by atoms with E-state index in [-0.39, 0.29) is 0 Å². The molecule has 1 unspecified atom stereocenters. The number of hydrogen-bond donors (Lipinski definition) is 1. The molecule has 0 aromatic heterocycles. The summed E-state index contributed by atoms with van der Waals surface area (Å²) in [5.41, 5.74) is 7.82. The van der Waals surface area contributed by atoms with Gasteiger partial charge < -0.3 is 15.4 Å². The molecule has 1 aliphatic carbocycles. The monoisotopic (exact) mass is 234 g/mol. The Morgan fingerprint density at radius 3 is 2.71 bits per heavy atom. The van der Waals surface area contributed by atoms with E-state index in [1.807, 2.05) is 19.1 Å². The van der Waals surface area contributed by atoms with Crippen LogP contribution in [0.15, 0.2) is 18.2 Å². The number of nitrogens with zero attached hydrogens (tertiary/aromatic N) is 1. The summed E-state index contributed by atoms with van der Waals surface area (Å²) in [6, 6.07) is 6.54. The first kappa shape index (κ1) is 12.1. The predicted octanol–water partition coefficient (Wildman–Crippen LogP) is 2.90. The van der Waals surface area contributed by atoms with Crippen molar-refractivity contribution in [2.75, 3.05) is 24.3 Å². The van der Waals surface area contributed by atoms with Gasteiger partial charge in [0.25, 0.3) is 0 Å². The molecule has 3 heteroatoms. The minimum absolute atomic E-state index is 0.575. The van der Waals surface area contributed by atoms with Crippen molar-refractivity contribution in [3.8, 4) is 5.75 Å². The van der Waals surface area contributed by atoms with Gasteiger partial charge in [0.05, 0.1) is 6.61 Å². The summed E-state index contributed by atoms with van der Waals surface area (Å²) >= 11 is 0. The van der Waals surface area contributed by atoms with Gasteiger partial charge in [-0.15, -0.1) is 0 Å². The summed E-state index contributed by atoms with van der Waals surface area (Å²) in [4.78, 5) is 2.30. The quantitative estimate of drug-likeness (QED) is 0.796. The molecule has 0 aliphatic heterocycles. The summed E-state index contributed by atoms with van der Waals surface area (Å²) in [6.07, 6.45) is 2.71. The van der Waals surface area contributed by atoms with Gasteiger partial charge in [-0.05, 0) is 38.7 Å². The molecule has 1 fully saturated rings. The second-order valence-electron chi connectivity index (χ2n) is 4.88. The molecular formula is C14H22N2O. The van der Waals surface area contributed by atoms with Crippen molar-refractivity contribution < 1.29 is 4.74 Å². The Morgan fingerprint density at radius 2 is 2.12 bits per heavy atom. The SMILES string of the molecule is CCOc1cc(N)cc(N(C)C(C)C2CC2)c1. The van der Waals surface area contributed by atoms with Crippen LogP contribution in [0.25, 0.3) is 0 Å². The van der Waals surface area contributed by atoms with Crippen LogP contribution < -0.4 is 15.4 Å². The molecule has 0 bridgehead atoms. The van der Waals surface area contributed by atoms with Crippen molar-refractivity contribution in [2.45, 2.75) is 32.7 Å². The van der Waals surface area contributed by atoms with Crippen LogP contribution in [0.2, 0.25) is 0 Å². The molecule has 3 nitrogen and oxygen atoms in total. The highest BCUT2D eigenvalue weighted by Gasteiger charge is 2.30. The van der Waals surface area contributed by atoms with Crippen molar-refractivity contribution in [1.82, 2.24) is 0 Å². The van der Waals surface area contributed by atoms with Crippen molar-refractivity contribution in [2.24, 2.45) is 5.92 Å². The second-order valence-corrected chi connectivity index (χ2v) is 4.88. The molecule has 0 heterocycles. The minimum atomic E-state index is 0.575. The molecule has 2 rings (SSSR count). The van der Waals surface area contributed by atoms with E-state index in [0.29, 0.717) is 12.6 Å². The number of benzene rings is 1. The molecule has 94 valence electrons. The molecular weight excluding hydrogens is 212 g/mol. The lowest BCUT2D eigenvalue weighted by atomic mass is 10.1. The molecule has 1 aromatic rings. The Morgan fingerprint density at radius 1 is 1.41 bits per heavy atom. The smallest absolute Gasteiger partial charge is 0.123 e. The highest BCUT2D eigenvalue weighted by molar-refractivity contribution is 5.60. The Kier molecular flexibility index (Phi) is 3.46. The van der Waals surface area contributed by atoms with Gasteiger partial charge in [0, 0.05) is 36.6 Å². The van der Waals surface area contributed by atoms with Crippen LogP contribution >= 0.6 is 0 Å². The molecule has 1 atom stereocenters. The number of nitrogen functional groups attached to an aromatic ring is 1. The summed E-state index contributed by atoms with van der Waals surface area (Å²) in [5, 5.41) is 0. The molecule has 0 radical (unpaired) electrons. The molecule has 1 aliphatic rings. The van der Waals surface area contributed by atoms with E-state index in [1.165, 1.54) is 12.8 Å². The number of nitrogens with two attached hydrogens (primary N) is 1. The molecule has 17 heavy (non-hydrogen) atoms. The molecule has 0 saturated heterocycles. The number of ether oxygens (including phenoxy) is 1. The van der Waals surface area contributed by atoms with Crippen LogP contribution in [0.1, 0.15) is 26.7 Å². The summed E-state index contributed by atoms with van der Waals surface area (Å²) in [7, 11) is 2.13. The van der Waals surface area contributed by atoms with Crippen LogP contribution in [0.3, 0.4) is 0 Å². The lowest BCUT2D eigenvalue weighted by Gasteiger charge is -2.27. The standard InChI is InChI=1S/C14H22N2O/c1-4-17-14-8-12(15)7-13(9-14)16(3)10(2)11-5-6-11/h7-11H,4-6,15H2,1-3H3. The van der Waals surface area contributed by atoms with Crippen molar-refractivity contribution in [3.05, 3.63) is 18.2 Å². The van der Waals surface area contributed by atoms with Crippen molar-refractivity contribution >= 4 is 11.4 Å². The fourth-order valence-corrected chi connectivity index (χ4v) is 2.19. The topological polar surface area (TPSA) is 38.5 Å². The van der Waals surface area contributed by atoms with Gasteiger partial charge in [-0.25, -0.2) is 0 Å². The minimum Gasteiger partial charge on any atom is -0.494 e. The lowest BCUT2D eigenvalue weighted by Crippen LogP contribution is -2.30. The van der Waals surface area contributed by atoms with Crippen LogP contribution in [-0.2, 0) is 0 Å². The van der Waals surface area contributed by atoms with Gasteiger partial charge in [-0.1, -0.05) is 0 Å². The van der Waals surface area contributed by atoms with Gasteiger partial charge in [-0.3, -0.25) is 0 Å². The van der Waals surface area contributed by atoms with E-state index in [1.54, 1.807) is 0 Å². The van der Waals surface area contributed by atoms with Gasteiger partial charge in [0.15, 0.2) is 0 Å². The zero-order chi connectivity index (χ0) is 12.4. The van der Waals surface area contributed by atoms with E-state index < -0.39 is 0 Å². The largest absolute Gasteiger partial charge is 0.494 e. The van der Waals surface area contributed by atoms with Gasteiger partial charge >= 0.3 is 0 Å². The van der Waals surface area contributed by atoms with Crippen molar-refractivity contribution in [1.29, 1.82) is 0 Å². The van der Waals surface area contributed by atoms with Gasteiger partial charge in [0.2, 0.25) is 0 Å². The normalized spacial score (nSPS) is 16.6. The van der Waals surface area contributed by atoms with Crippen LogP contribution in [-0.4, -0.2) is 19.7 Å². The van der Waals surface area contributed by atoms with Crippen LogP contribution in [0.5, 0.6) is 5.75 Å². The summed E-state index contributed by atoms with van der Waals surface area (Å²) < 4.78 is 5.53. The van der Waals surface area contributed by atoms with E-state index in [2.05, 4.69) is 24.9 Å². The van der Waals surface area contributed by atoms with E-state index in [4.69, 9.17) is 10.5 Å². The zero-order valence-electron chi connectivity index (χ0n) is 10.9. The first-order chi connectivity index (χ1) is 8.11. The lowest BCUT2D eigenvalue weighted by molar-refractivity contribution is 0.340. The maximum Gasteiger partial charge on any atom is 0.123 e. The summed E-state index contributed by atoms with van der Waals surface area (Å²) in [6.45, 7) is 4.94. The first-order valence-electron chi connectivity index (χ1n) is 6.38. The molecule has 0 spiro atoms. The number of rotatable bonds is 5. The first-order valence-corrected chi connectivity index (χ1v) is 6.38. The third kappa shape index (κ3) is 2.84.